The molecule has 0 aromatic heterocycles. The van der Waals surface area contributed by atoms with Gasteiger partial charge < -0.3 is 5.11 Å². The van der Waals surface area contributed by atoms with Gasteiger partial charge in [0, 0.05) is 0 Å². The maximum absolute atomic E-state index is 11.9. The van der Waals surface area contributed by atoms with Crippen LogP contribution in [0.4, 0.5) is 0 Å². The van der Waals surface area contributed by atoms with E-state index in [1.54, 1.807) is 0 Å². The van der Waals surface area contributed by atoms with E-state index in [2.05, 4.69) is 20.8 Å². The molecule has 19 heavy (non-hydrogen) atoms. The van der Waals surface area contributed by atoms with Gasteiger partial charge in [-0.05, 0) is 67.6 Å². The second kappa shape index (κ2) is 3.99. The molecular weight excluding hydrogens is 236 g/mol. The van der Waals surface area contributed by atoms with Gasteiger partial charge in [0.1, 0.15) is 0 Å². The van der Waals surface area contributed by atoms with E-state index in [9.17, 15) is 9.90 Å². The number of rotatable bonds is 4. The van der Waals surface area contributed by atoms with E-state index in [0.717, 1.165) is 19.3 Å². The zero-order valence-electron chi connectivity index (χ0n) is 12.7. The summed E-state index contributed by atoms with van der Waals surface area (Å²) >= 11 is 0. The lowest BCUT2D eigenvalue weighted by Crippen LogP contribution is -2.59. The van der Waals surface area contributed by atoms with Crippen LogP contribution in [0.1, 0.15) is 72.1 Å². The lowest BCUT2D eigenvalue weighted by atomic mass is 9.39. The molecule has 0 amide bonds. The molecule has 0 aromatic rings. The van der Waals surface area contributed by atoms with Crippen LogP contribution in [0.15, 0.2) is 0 Å². The molecule has 4 fully saturated rings. The highest BCUT2D eigenvalue weighted by molar-refractivity contribution is 5.75. The number of carboxylic acids is 1. The van der Waals surface area contributed by atoms with E-state index in [1.165, 1.54) is 32.1 Å². The van der Waals surface area contributed by atoms with Crippen molar-refractivity contribution in [3.05, 3.63) is 0 Å². The molecule has 0 spiro atoms. The molecule has 0 saturated heterocycles. The van der Waals surface area contributed by atoms with Crippen molar-refractivity contribution in [2.75, 3.05) is 0 Å². The predicted octanol–water partition coefficient (Wildman–Crippen LogP) is 4.48. The Balaban J connectivity index is 1.98. The molecule has 4 aliphatic rings. The van der Waals surface area contributed by atoms with Crippen molar-refractivity contribution in [1.29, 1.82) is 0 Å². The highest BCUT2D eigenvalue weighted by atomic mass is 16.4. The fourth-order valence-corrected chi connectivity index (χ4v) is 6.19. The summed E-state index contributed by atoms with van der Waals surface area (Å²) in [5.41, 5.74) is 0.251. The molecule has 4 bridgehead atoms. The zero-order chi connectivity index (χ0) is 13.9. The SMILES string of the molecule is CCCC(C)(C)C12CC3CC(CC(C(=O)O)(C3)C1)C2. The summed E-state index contributed by atoms with van der Waals surface area (Å²) in [5, 5.41) is 9.79. The van der Waals surface area contributed by atoms with E-state index in [4.69, 9.17) is 0 Å². The molecule has 0 aromatic carbocycles. The average molecular weight is 264 g/mol. The van der Waals surface area contributed by atoms with Crippen molar-refractivity contribution < 1.29 is 9.90 Å². The Hall–Kier alpha value is -0.530. The lowest BCUT2D eigenvalue weighted by Gasteiger charge is -2.65. The monoisotopic (exact) mass is 264 g/mol. The van der Waals surface area contributed by atoms with Gasteiger partial charge in [-0.15, -0.1) is 0 Å². The lowest BCUT2D eigenvalue weighted by molar-refractivity contribution is -0.191. The first-order valence-corrected chi connectivity index (χ1v) is 8.06. The van der Waals surface area contributed by atoms with Gasteiger partial charge in [0.15, 0.2) is 0 Å². The normalized spacial score (nSPS) is 44.6. The molecule has 4 rings (SSSR count). The Morgan fingerprint density at radius 2 is 1.79 bits per heavy atom. The Morgan fingerprint density at radius 1 is 1.21 bits per heavy atom. The van der Waals surface area contributed by atoms with E-state index < -0.39 is 5.97 Å². The van der Waals surface area contributed by atoms with Crippen LogP contribution in [0.3, 0.4) is 0 Å². The van der Waals surface area contributed by atoms with Crippen LogP contribution in [0.5, 0.6) is 0 Å². The molecule has 108 valence electrons. The first kappa shape index (κ1) is 13.5. The standard InChI is InChI=1S/C17H28O2/c1-4-5-15(2,3)17-9-12-6-13(10-17)8-16(7-12,11-17)14(18)19/h12-13H,4-11H2,1-3H3,(H,18,19). The number of carbonyl (C=O) groups is 1. The smallest absolute Gasteiger partial charge is 0.309 e. The van der Waals surface area contributed by atoms with E-state index >= 15 is 0 Å². The third-order valence-electron chi connectivity index (χ3n) is 6.83. The van der Waals surface area contributed by atoms with Crippen LogP contribution in [-0.4, -0.2) is 11.1 Å². The van der Waals surface area contributed by atoms with Gasteiger partial charge >= 0.3 is 5.97 Å². The summed E-state index contributed by atoms with van der Waals surface area (Å²) in [5.74, 6) is 0.875. The molecule has 0 aliphatic heterocycles. The fraction of sp³-hybridized carbons (Fsp3) is 0.941. The third kappa shape index (κ3) is 1.78. The Bertz CT molecular complexity index is 382. The Morgan fingerprint density at radius 3 is 2.26 bits per heavy atom. The quantitative estimate of drug-likeness (QED) is 0.812. The number of carboxylic acid groups (broad SMARTS) is 1. The first-order valence-electron chi connectivity index (χ1n) is 8.06. The fourth-order valence-electron chi connectivity index (χ4n) is 6.19. The summed E-state index contributed by atoms with van der Waals surface area (Å²) in [4.78, 5) is 11.9. The van der Waals surface area contributed by atoms with Gasteiger partial charge in [0.2, 0.25) is 0 Å². The third-order valence-corrected chi connectivity index (χ3v) is 6.83. The largest absolute Gasteiger partial charge is 0.481 e. The minimum absolute atomic E-state index is 0.306. The van der Waals surface area contributed by atoms with Crippen molar-refractivity contribution in [3.63, 3.8) is 0 Å². The second-order valence-corrected chi connectivity index (χ2v) is 8.46. The molecule has 4 saturated carbocycles. The van der Waals surface area contributed by atoms with E-state index in [-0.39, 0.29) is 5.41 Å². The maximum atomic E-state index is 11.9. The minimum atomic E-state index is -0.502. The van der Waals surface area contributed by atoms with Gasteiger partial charge in [-0.1, -0.05) is 27.2 Å². The molecular formula is C17H28O2. The number of hydrogen-bond acceptors (Lipinski definition) is 1. The summed E-state index contributed by atoms with van der Waals surface area (Å²) in [7, 11) is 0. The van der Waals surface area contributed by atoms with Crippen molar-refractivity contribution >= 4 is 5.97 Å². The van der Waals surface area contributed by atoms with Crippen LogP contribution >= 0.6 is 0 Å². The van der Waals surface area contributed by atoms with E-state index in [1.807, 2.05) is 0 Å². The van der Waals surface area contributed by atoms with Crippen LogP contribution in [0.2, 0.25) is 0 Å². The molecule has 1 N–H and O–H groups in total. The first-order chi connectivity index (χ1) is 8.82. The Labute approximate surface area is 117 Å². The predicted molar refractivity (Wildman–Crippen MR) is 75.9 cm³/mol. The molecule has 2 nitrogen and oxygen atoms in total. The van der Waals surface area contributed by atoms with Crippen LogP contribution in [0.25, 0.3) is 0 Å². The van der Waals surface area contributed by atoms with Crippen molar-refractivity contribution in [2.45, 2.75) is 72.1 Å². The summed E-state index contributed by atoms with van der Waals surface area (Å²) in [6, 6.07) is 0. The topological polar surface area (TPSA) is 37.3 Å². The molecule has 2 heteroatoms. The Kier molecular flexibility index (Phi) is 2.82. The van der Waals surface area contributed by atoms with Gasteiger partial charge in [-0.3, -0.25) is 4.79 Å². The summed E-state index contributed by atoms with van der Waals surface area (Å²) in [6.45, 7) is 7.06. The highest BCUT2D eigenvalue weighted by Gasteiger charge is 2.64. The van der Waals surface area contributed by atoms with Gasteiger partial charge in [-0.25, -0.2) is 0 Å². The molecule has 0 radical (unpaired) electrons. The highest BCUT2D eigenvalue weighted by Crippen LogP contribution is 2.70. The number of aliphatic carboxylic acids is 1. The van der Waals surface area contributed by atoms with Crippen molar-refractivity contribution in [3.8, 4) is 0 Å². The molecule has 4 aliphatic carbocycles. The van der Waals surface area contributed by atoms with E-state index in [0.29, 0.717) is 22.7 Å². The zero-order valence-corrected chi connectivity index (χ0v) is 12.7. The molecule has 0 heterocycles. The van der Waals surface area contributed by atoms with Crippen LogP contribution < -0.4 is 0 Å². The maximum Gasteiger partial charge on any atom is 0.309 e. The molecule has 2 unspecified atom stereocenters. The van der Waals surface area contributed by atoms with Gasteiger partial charge in [0.25, 0.3) is 0 Å². The van der Waals surface area contributed by atoms with Crippen LogP contribution in [-0.2, 0) is 4.79 Å². The van der Waals surface area contributed by atoms with Crippen LogP contribution in [0, 0.1) is 28.1 Å². The van der Waals surface area contributed by atoms with Crippen molar-refractivity contribution in [1.82, 2.24) is 0 Å². The van der Waals surface area contributed by atoms with Crippen molar-refractivity contribution in [2.24, 2.45) is 28.1 Å². The summed E-state index contributed by atoms with van der Waals surface area (Å²) in [6.07, 6.45) is 9.23. The number of hydrogen-bond donors (Lipinski definition) is 1. The second-order valence-electron chi connectivity index (χ2n) is 8.46. The average Bonchev–Trinajstić information content (AvgIpc) is 2.26. The minimum Gasteiger partial charge on any atom is -0.481 e. The van der Waals surface area contributed by atoms with Gasteiger partial charge in [0.05, 0.1) is 5.41 Å². The summed E-state index contributed by atoms with van der Waals surface area (Å²) < 4.78 is 0. The van der Waals surface area contributed by atoms with Gasteiger partial charge in [-0.2, -0.15) is 0 Å². The molecule has 2 atom stereocenters.